The first kappa shape index (κ1) is 12.9. The minimum atomic E-state index is 0.806. The molecule has 3 heteroatoms. The van der Waals surface area contributed by atoms with Crippen LogP contribution in [0.2, 0.25) is 0 Å². The second kappa shape index (κ2) is 5.45. The molecule has 0 saturated carbocycles. The number of anilines is 2. The quantitative estimate of drug-likeness (QED) is 0.867. The van der Waals surface area contributed by atoms with Crippen LogP contribution < -0.4 is 15.4 Å². The van der Waals surface area contributed by atoms with Gasteiger partial charge >= 0.3 is 0 Å². The summed E-state index contributed by atoms with van der Waals surface area (Å²) in [7, 11) is 2.11. The predicted molar refractivity (Wildman–Crippen MR) is 83.5 cm³/mol. The third-order valence-corrected chi connectivity index (χ3v) is 3.82. The molecule has 0 atom stereocenters. The molecule has 3 nitrogen and oxygen atoms in total. The molecule has 1 aliphatic heterocycles. The van der Waals surface area contributed by atoms with Gasteiger partial charge in [-0.15, -0.1) is 0 Å². The first-order chi connectivity index (χ1) is 9.72. The molecular weight excluding hydrogens is 248 g/mol. The van der Waals surface area contributed by atoms with Crippen molar-refractivity contribution in [3.05, 3.63) is 53.6 Å². The topological polar surface area (TPSA) is 38.5 Å². The smallest absolute Gasteiger partial charge is 0.122 e. The number of benzene rings is 2. The van der Waals surface area contributed by atoms with Gasteiger partial charge in [-0.05, 0) is 47.9 Å². The van der Waals surface area contributed by atoms with Gasteiger partial charge in [0.2, 0.25) is 0 Å². The van der Waals surface area contributed by atoms with Crippen LogP contribution in [0.15, 0.2) is 42.5 Å². The van der Waals surface area contributed by atoms with E-state index in [2.05, 4.69) is 42.3 Å². The second-order valence-corrected chi connectivity index (χ2v) is 5.30. The molecule has 104 valence electrons. The fourth-order valence-electron chi connectivity index (χ4n) is 2.55. The van der Waals surface area contributed by atoms with Crippen molar-refractivity contribution in [2.24, 2.45) is 0 Å². The van der Waals surface area contributed by atoms with Crippen molar-refractivity contribution in [2.75, 3.05) is 30.8 Å². The highest BCUT2D eigenvalue weighted by Crippen LogP contribution is 2.26. The van der Waals surface area contributed by atoms with Gasteiger partial charge in [-0.1, -0.05) is 12.1 Å². The van der Waals surface area contributed by atoms with E-state index in [0.29, 0.717) is 0 Å². The Hall–Kier alpha value is -2.16. The molecule has 20 heavy (non-hydrogen) atoms. The zero-order chi connectivity index (χ0) is 13.9. The summed E-state index contributed by atoms with van der Waals surface area (Å²) in [5, 5.41) is 0. The Morgan fingerprint density at radius 1 is 1.15 bits per heavy atom. The lowest BCUT2D eigenvalue weighted by Crippen LogP contribution is -2.20. The normalized spacial score (nSPS) is 12.8. The number of rotatable bonds is 4. The minimum Gasteiger partial charge on any atom is -0.493 e. The molecule has 0 saturated heterocycles. The number of fused-ring (bicyclic) bond motifs is 1. The molecule has 2 aromatic carbocycles. The molecule has 1 aliphatic rings. The van der Waals surface area contributed by atoms with Gasteiger partial charge in [0, 0.05) is 31.4 Å². The molecule has 2 N–H and O–H groups in total. The van der Waals surface area contributed by atoms with E-state index in [9.17, 15) is 0 Å². The maximum atomic E-state index is 5.71. The third-order valence-electron chi connectivity index (χ3n) is 3.82. The largest absolute Gasteiger partial charge is 0.493 e. The van der Waals surface area contributed by atoms with Gasteiger partial charge in [-0.2, -0.15) is 0 Å². The Balaban J connectivity index is 1.63. The van der Waals surface area contributed by atoms with Crippen LogP contribution in [0.5, 0.6) is 5.75 Å². The maximum Gasteiger partial charge on any atom is 0.122 e. The van der Waals surface area contributed by atoms with E-state index in [1.54, 1.807) is 0 Å². The van der Waals surface area contributed by atoms with Crippen molar-refractivity contribution in [1.29, 1.82) is 0 Å². The molecule has 2 aromatic rings. The number of nitrogen functional groups attached to an aromatic ring is 1. The Bertz CT molecular complexity index is 592. The Morgan fingerprint density at radius 2 is 1.95 bits per heavy atom. The first-order valence-electron chi connectivity index (χ1n) is 7.04. The highest BCUT2D eigenvalue weighted by Gasteiger charge is 2.12. The molecular formula is C17H20N2O. The predicted octanol–water partition coefficient (Wildman–Crippen LogP) is 2.88. The lowest BCUT2D eigenvalue weighted by atomic mass is 10.1. The van der Waals surface area contributed by atoms with Gasteiger partial charge in [-0.25, -0.2) is 0 Å². The van der Waals surface area contributed by atoms with E-state index in [1.807, 2.05) is 12.1 Å². The lowest BCUT2D eigenvalue weighted by molar-refractivity contribution is 0.357. The highest BCUT2D eigenvalue weighted by molar-refractivity contribution is 5.52. The van der Waals surface area contributed by atoms with Crippen molar-refractivity contribution in [2.45, 2.75) is 12.8 Å². The van der Waals surface area contributed by atoms with Gasteiger partial charge in [0.1, 0.15) is 5.75 Å². The van der Waals surface area contributed by atoms with Gasteiger partial charge in [0.25, 0.3) is 0 Å². The fraction of sp³-hybridized carbons (Fsp3) is 0.294. The van der Waals surface area contributed by atoms with Crippen LogP contribution in [-0.2, 0) is 12.8 Å². The first-order valence-corrected chi connectivity index (χ1v) is 7.04. The maximum absolute atomic E-state index is 5.71. The van der Waals surface area contributed by atoms with Crippen LogP contribution in [0.25, 0.3) is 0 Å². The Morgan fingerprint density at radius 3 is 2.75 bits per heavy atom. The van der Waals surface area contributed by atoms with Crippen LogP contribution in [-0.4, -0.2) is 20.2 Å². The number of ether oxygens (including phenoxy) is 1. The molecule has 0 unspecified atom stereocenters. The van der Waals surface area contributed by atoms with Gasteiger partial charge < -0.3 is 15.4 Å². The van der Waals surface area contributed by atoms with Gasteiger partial charge in [0.15, 0.2) is 0 Å². The van der Waals surface area contributed by atoms with E-state index >= 15 is 0 Å². The summed E-state index contributed by atoms with van der Waals surface area (Å²) in [4.78, 5) is 2.25. The number of nitrogens with two attached hydrogens (primary N) is 1. The molecule has 0 spiro atoms. The van der Waals surface area contributed by atoms with Gasteiger partial charge in [-0.3, -0.25) is 0 Å². The molecule has 3 rings (SSSR count). The average Bonchev–Trinajstić information content (AvgIpc) is 2.93. The van der Waals surface area contributed by atoms with Crippen molar-refractivity contribution in [1.82, 2.24) is 0 Å². The summed E-state index contributed by atoms with van der Waals surface area (Å²) >= 11 is 0. The van der Waals surface area contributed by atoms with Crippen molar-refractivity contribution >= 4 is 11.4 Å². The summed E-state index contributed by atoms with van der Waals surface area (Å²) in [5.41, 5.74) is 10.4. The summed E-state index contributed by atoms with van der Waals surface area (Å²) in [6, 6.07) is 14.6. The zero-order valence-electron chi connectivity index (χ0n) is 11.8. The summed E-state index contributed by atoms with van der Waals surface area (Å²) < 4.78 is 5.54. The van der Waals surface area contributed by atoms with Gasteiger partial charge in [0.05, 0.1) is 6.61 Å². The van der Waals surface area contributed by atoms with E-state index in [4.69, 9.17) is 10.5 Å². The lowest BCUT2D eigenvalue weighted by Gasteiger charge is -2.19. The number of hydrogen-bond acceptors (Lipinski definition) is 3. The van der Waals surface area contributed by atoms with E-state index < -0.39 is 0 Å². The molecule has 0 amide bonds. The Labute approximate surface area is 120 Å². The SMILES string of the molecule is CN(CCc1ccc2c(c1)CCO2)c1ccc(N)cc1. The third kappa shape index (κ3) is 2.72. The standard InChI is InChI=1S/C17H20N2O/c1-19(16-5-3-15(18)4-6-16)10-8-13-2-7-17-14(12-13)9-11-20-17/h2-7,12H,8-11,18H2,1H3. The summed E-state index contributed by atoms with van der Waals surface area (Å²) in [5.74, 6) is 1.06. The van der Waals surface area contributed by atoms with E-state index in [1.165, 1.54) is 16.8 Å². The average molecular weight is 268 g/mol. The summed E-state index contributed by atoms with van der Waals surface area (Å²) in [6.45, 7) is 1.81. The molecule has 0 aromatic heterocycles. The van der Waals surface area contributed by atoms with E-state index in [-0.39, 0.29) is 0 Å². The Kier molecular flexibility index (Phi) is 3.50. The number of hydrogen-bond donors (Lipinski definition) is 1. The van der Waals surface area contributed by atoms with Crippen LogP contribution in [0.3, 0.4) is 0 Å². The molecule has 0 fully saturated rings. The van der Waals surface area contributed by atoms with Crippen LogP contribution in [0.4, 0.5) is 11.4 Å². The van der Waals surface area contributed by atoms with Crippen LogP contribution >= 0.6 is 0 Å². The molecule has 0 aliphatic carbocycles. The van der Waals surface area contributed by atoms with Crippen LogP contribution in [0.1, 0.15) is 11.1 Å². The zero-order valence-corrected chi connectivity index (χ0v) is 11.8. The number of likely N-dealkylation sites (N-methyl/N-ethyl adjacent to an activating group) is 1. The second-order valence-electron chi connectivity index (χ2n) is 5.30. The van der Waals surface area contributed by atoms with Crippen molar-refractivity contribution < 1.29 is 4.74 Å². The van der Waals surface area contributed by atoms with Crippen molar-refractivity contribution in [3.63, 3.8) is 0 Å². The van der Waals surface area contributed by atoms with Crippen molar-refractivity contribution in [3.8, 4) is 5.75 Å². The number of nitrogens with zero attached hydrogens (tertiary/aromatic N) is 1. The summed E-state index contributed by atoms with van der Waals surface area (Å²) in [6.07, 6.45) is 2.07. The highest BCUT2D eigenvalue weighted by atomic mass is 16.5. The minimum absolute atomic E-state index is 0.806. The van der Waals surface area contributed by atoms with E-state index in [0.717, 1.165) is 37.4 Å². The fourth-order valence-corrected chi connectivity index (χ4v) is 2.55. The van der Waals surface area contributed by atoms with Crippen LogP contribution in [0, 0.1) is 0 Å². The monoisotopic (exact) mass is 268 g/mol. The molecule has 1 heterocycles. The molecule has 0 radical (unpaired) electrons. The molecule has 0 bridgehead atoms.